The molecule has 0 saturated heterocycles. The van der Waals surface area contributed by atoms with Crippen LogP contribution in [0.5, 0.6) is 0 Å². The third kappa shape index (κ3) is 2.68. The van der Waals surface area contributed by atoms with E-state index in [9.17, 15) is 9.18 Å². The number of anilines is 1. The van der Waals surface area contributed by atoms with Gasteiger partial charge in [-0.05, 0) is 61.6 Å². The Labute approximate surface area is 115 Å². The molecule has 0 radical (unpaired) electrons. The summed E-state index contributed by atoms with van der Waals surface area (Å²) in [6.45, 7) is 0. The summed E-state index contributed by atoms with van der Waals surface area (Å²) in [6, 6.07) is 7.67. The molecule has 4 heteroatoms. The van der Waals surface area contributed by atoms with Gasteiger partial charge in [-0.1, -0.05) is 0 Å². The second kappa shape index (κ2) is 5.13. The van der Waals surface area contributed by atoms with Gasteiger partial charge < -0.3 is 5.32 Å². The first-order valence-corrected chi connectivity index (χ1v) is 7.22. The molecule has 0 aliphatic heterocycles. The van der Waals surface area contributed by atoms with Crippen molar-refractivity contribution in [3.8, 4) is 0 Å². The van der Waals surface area contributed by atoms with Gasteiger partial charge in [0.05, 0.1) is 5.00 Å². The standard InChI is InChI=1S/C15H14FNOS/c16-12-7-5-10(6-8-12)15(18)17-14-9-11-3-1-2-4-13(11)19-14/h5-9H,1-4H2,(H,17,18). The van der Waals surface area contributed by atoms with E-state index in [-0.39, 0.29) is 11.7 Å². The Morgan fingerprint density at radius 2 is 1.89 bits per heavy atom. The highest BCUT2D eigenvalue weighted by Crippen LogP contribution is 2.33. The Hall–Kier alpha value is -1.68. The highest BCUT2D eigenvalue weighted by Gasteiger charge is 2.15. The van der Waals surface area contributed by atoms with E-state index in [0.29, 0.717) is 5.56 Å². The SMILES string of the molecule is O=C(Nc1cc2c(s1)CCCC2)c1ccc(F)cc1. The number of benzene rings is 1. The lowest BCUT2D eigenvalue weighted by Crippen LogP contribution is -2.10. The molecule has 98 valence electrons. The summed E-state index contributed by atoms with van der Waals surface area (Å²) >= 11 is 1.66. The second-order valence-electron chi connectivity index (χ2n) is 4.73. The lowest BCUT2D eigenvalue weighted by atomic mass is 10.00. The van der Waals surface area contributed by atoms with E-state index in [1.165, 1.54) is 47.5 Å². The van der Waals surface area contributed by atoms with Crippen LogP contribution in [0.15, 0.2) is 30.3 Å². The Morgan fingerprint density at radius 3 is 2.63 bits per heavy atom. The van der Waals surface area contributed by atoms with Crippen LogP contribution < -0.4 is 5.32 Å². The zero-order chi connectivity index (χ0) is 13.2. The van der Waals surface area contributed by atoms with E-state index in [2.05, 4.69) is 11.4 Å². The van der Waals surface area contributed by atoms with Gasteiger partial charge in [-0.2, -0.15) is 0 Å². The molecule has 2 aromatic rings. The number of carbonyl (C=O) groups excluding carboxylic acids is 1. The molecule has 1 aromatic carbocycles. The molecule has 0 saturated carbocycles. The number of thiophene rings is 1. The van der Waals surface area contributed by atoms with Crippen molar-refractivity contribution in [2.24, 2.45) is 0 Å². The molecular weight excluding hydrogens is 261 g/mol. The van der Waals surface area contributed by atoms with Crippen LogP contribution in [0.1, 0.15) is 33.6 Å². The van der Waals surface area contributed by atoms with Crippen LogP contribution >= 0.6 is 11.3 Å². The molecule has 3 rings (SSSR count). The molecule has 2 nitrogen and oxygen atoms in total. The summed E-state index contributed by atoms with van der Waals surface area (Å²) in [5, 5.41) is 3.78. The van der Waals surface area contributed by atoms with Crippen molar-refractivity contribution in [3.63, 3.8) is 0 Å². The van der Waals surface area contributed by atoms with E-state index >= 15 is 0 Å². The van der Waals surface area contributed by atoms with Crippen LogP contribution in [0.25, 0.3) is 0 Å². The Bertz CT molecular complexity index is 580. The van der Waals surface area contributed by atoms with Crippen molar-refractivity contribution in [2.45, 2.75) is 25.7 Å². The third-order valence-electron chi connectivity index (χ3n) is 3.34. The van der Waals surface area contributed by atoms with Crippen molar-refractivity contribution in [1.29, 1.82) is 0 Å². The van der Waals surface area contributed by atoms with Crippen LogP contribution in [-0.2, 0) is 12.8 Å². The first-order chi connectivity index (χ1) is 9.22. The average molecular weight is 275 g/mol. The van der Waals surface area contributed by atoms with Crippen LogP contribution in [-0.4, -0.2) is 5.91 Å². The number of carbonyl (C=O) groups is 1. The van der Waals surface area contributed by atoms with Crippen LogP contribution in [0, 0.1) is 5.82 Å². The number of aryl methyl sites for hydroxylation is 2. The number of rotatable bonds is 2. The lowest BCUT2D eigenvalue weighted by Gasteiger charge is -2.08. The smallest absolute Gasteiger partial charge is 0.256 e. The average Bonchev–Trinajstić information content (AvgIpc) is 2.81. The Kier molecular flexibility index (Phi) is 3.34. The van der Waals surface area contributed by atoms with Crippen molar-refractivity contribution in [3.05, 3.63) is 52.2 Å². The van der Waals surface area contributed by atoms with Crippen molar-refractivity contribution in [2.75, 3.05) is 5.32 Å². The van der Waals surface area contributed by atoms with Crippen molar-refractivity contribution >= 4 is 22.2 Å². The molecule has 19 heavy (non-hydrogen) atoms. The molecule has 1 amide bonds. The minimum atomic E-state index is -0.330. The van der Waals surface area contributed by atoms with Crippen molar-refractivity contribution in [1.82, 2.24) is 0 Å². The molecule has 1 aromatic heterocycles. The van der Waals surface area contributed by atoms with Gasteiger partial charge in [-0.3, -0.25) is 4.79 Å². The Morgan fingerprint density at radius 1 is 1.16 bits per heavy atom. The molecule has 0 fully saturated rings. The summed E-state index contributed by atoms with van der Waals surface area (Å²) in [4.78, 5) is 13.4. The second-order valence-corrected chi connectivity index (χ2v) is 5.86. The van der Waals surface area contributed by atoms with Gasteiger partial charge in [0.2, 0.25) is 0 Å². The topological polar surface area (TPSA) is 29.1 Å². The molecule has 1 N–H and O–H groups in total. The minimum Gasteiger partial charge on any atom is -0.314 e. The van der Waals surface area contributed by atoms with Gasteiger partial charge in [-0.15, -0.1) is 11.3 Å². The third-order valence-corrected chi connectivity index (χ3v) is 4.49. The highest BCUT2D eigenvalue weighted by atomic mass is 32.1. The largest absolute Gasteiger partial charge is 0.314 e. The maximum absolute atomic E-state index is 12.8. The molecular formula is C15H14FNOS. The lowest BCUT2D eigenvalue weighted by molar-refractivity contribution is 0.102. The molecule has 1 aliphatic rings. The minimum absolute atomic E-state index is 0.182. The predicted molar refractivity (Wildman–Crippen MR) is 75.3 cm³/mol. The number of hydrogen-bond acceptors (Lipinski definition) is 2. The maximum Gasteiger partial charge on any atom is 0.256 e. The summed E-state index contributed by atoms with van der Waals surface area (Å²) in [7, 11) is 0. The first kappa shape index (κ1) is 12.4. The summed E-state index contributed by atoms with van der Waals surface area (Å²) in [6.07, 6.45) is 4.69. The van der Waals surface area contributed by atoms with Crippen molar-refractivity contribution < 1.29 is 9.18 Å². The van der Waals surface area contributed by atoms with Crippen LogP contribution in [0.3, 0.4) is 0 Å². The number of halogens is 1. The normalized spacial score (nSPS) is 13.9. The summed E-state index contributed by atoms with van der Waals surface area (Å²) in [5.74, 6) is -0.512. The van der Waals surface area contributed by atoms with E-state index in [4.69, 9.17) is 0 Å². The first-order valence-electron chi connectivity index (χ1n) is 6.41. The van der Waals surface area contributed by atoms with E-state index < -0.39 is 0 Å². The zero-order valence-corrected chi connectivity index (χ0v) is 11.2. The molecule has 0 atom stereocenters. The van der Waals surface area contributed by atoms with Gasteiger partial charge in [-0.25, -0.2) is 4.39 Å². The van der Waals surface area contributed by atoms with E-state index in [0.717, 1.165) is 17.8 Å². The molecule has 1 heterocycles. The van der Waals surface area contributed by atoms with Gasteiger partial charge in [0.15, 0.2) is 0 Å². The fourth-order valence-electron chi connectivity index (χ4n) is 2.34. The maximum atomic E-state index is 12.8. The molecule has 0 spiro atoms. The monoisotopic (exact) mass is 275 g/mol. The summed E-state index contributed by atoms with van der Waals surface area (Å²) < 4.78 is 12.8. The number of hydrogen-bond donors (Lipinski definition) is 1. The number of amides is 1. The number of fused-ring (bicyclic) bond motifs is 1. The fourth-order valence-corrected chi connectivity index (χ4v) is 3.49. The predicted octanol–water partition coefficient (Wildman–Crippen LogP) is 4.02. The molecule has 0 bridgehead atoms. The van der Waals surface area contributed by atoms with Crippen LogP contribution in [0.4, 0.5) is 9.39 Å². The summed E-state index contributed by atoms with van der Waals surface area (Å²) in [5.41, 5.74) is 1.85. The number of nitrogens with one attached hydrogen (secondary N) is 1. The van der Waals surface area contributed by atoms with Gasteiger partial charge in [0, 0.05) is 10.4 Å². The quantitative estimate of drug-likeness (QED) is 0.881. The zero-order valence-electron chi connectivity index (χ0n) is 10.4. The van der Waals surface area contributed by atoms with Crippen LogP contribution in [0.2, 0.25) is 0 Å². The van der Waals surface area contributed by atoms with Gasteiger partial charge in [0.25, 0.3) is 5.91 Å². The molecule has 1 aliphatic carbocycles. The van der Waals surface area contributed by atoms with E-state index in [1.807, 2.05) is 0 Å². The van der Waals surface area contributed by atoms with Gasteiger partial charge >= 0.3 is 0 Å². The van der Waals surface area contributed by atoms with Gasteiger partial charge in [0.1, 0.15) is 5.82 Å². The Balaban J connectivity index is 1.75. The fraction of sp³-hybridized carbons (Fsp3) is 0.267. The van der Waals surface area contributed by atoms with E-state index in [1.54, 1.807) is 11.3 Å². The highest BCUT2D eigenvalue weighted by molar-refractivity contribution is 7.16. The molecule has 0 unspecified atom stereocenters.